The molecule has 3 amide bonds. The lowest BCUT2D eigenvalue weighted by Gasteiger charge is -2.46. The summed E-state index contributed by atoms with van der Waals surface area (Å²) in [5.41, 5.74) is -0.167. The van der Waals surface area contributed by atoms with Crippen molar-refractivity contribution in [2.45, 2.75) is 38.3 Å². The molecule has 0 aromatic carbocycles. The zero-order valence-corrected chi connectivity index (χ0v) is 16.3. The van der Waals surface area contributed by atoms with Gasteiger partial charge in [-0.3, -0.25) is 4.79 Å². The minimum Gasteiger partial charge on any atom is -0.340 e. The number of fused-ring (bicyclic) bond motifs is 2. The lowest BCUT2D eigenvalue weighted by atomic mass is 9.75. The highest BCUT2D eigenvalue weighted by Crippen LogP contribution is 2.49. The third-order valence-electron chi connectivity index (χ3n) is 6.49. The minimum absolute atomic E-state index is 0.00477. The number of carbonyl (C=O) groups excluding carboxylic acids is 2. The molecule has 0 unspecified atom stereocenters. The lowest BCUT2D eigenvalue weighted by Crippen LogP contribution is -2.58. The first-order valence-electron chi connectivity index (χ1n) is 9.77. The summed E-state index contributed by atoms with van der Waals surface area (Å²) in [6.07, 6.45) is 5.13. The molecular formula is C19H28N6O2. The number of carbonyl (C=O) groups is 2. The van der Waals surface area contributed by atoms with Gasteiger partial charge in [0.25, 0.3) is 0 Å². The maximum atomic E-state index is 13.0. The summed E-state index contributed by atoms with van der Waals surface area (Å²) in [4.78, 5) is 40.0. The van der Waals surface area contributed by atoms with Gasteiger partial charge in [0.05, 0.1) is 11.5 Å². The van der Waals surface area contributed by atoms with E-state index in [-0.39, 0.29) is 35.4 Å². The Morgan fingerprint density at radius 2 is 1.89 bits per heavy atom. The van der Waals surface area contributed by atoms with Gasteiger partial charge in [-0.2, -0.15) is 0 Å². The minimum atomic E-state index is -0.167. The maximum Gasteiger partial charge on any atom is 0.317 e. The van der Waals surface area contributed by atoms with Crippen molar-refractivity contribution >= 4 is 17.9 Å². The van der Waals surface area contributed by atoms with Crippen molar-refractivity contribution in [3.8, 4) is 0 Å². The molecule has 4 rings (SSSR count). The van der Waals surface area contributed by atoms with Crippen molar-refractivity contribution in [3.63, 3.8) is 0 Å². The number of rotatable bonds is 2. The number of nitrogens with zero attached hydrogens (tertiary/aromatic N) is 5. The first kappa shape index (κ1) is 18.0. The Morgan fingerprint density at radius 3 is 2.52 bits per heavy atom. The smallest absolute Gasteiger partial charge is 0.317 e. The Kier molecular flexibility index (Phi) is 4.44. The average molecular weight is 372 g/mol. The van der Waals surface area contributed by atoms with Crippen molar-refractivity contribution in [2.75, 3.05) is 38.1 Å². The van der Waals surface area contributed by atoms with E-state index < -0.39 is 0 Å². The van der Waals surface area contributed by atoms with Crippen LogP contribution in [0, 0.1) is 11.8 Å². The van der Waals surface area contributed by atoms with Gasteiger partial charge in [0.2, 0.25) is 11.9 Å². The van der Waals surface area contributed by atoms with Crippen LogP contribution < -0.4 is 10.2 Å². The van der Waals surface area contributed by atoms with Gasteiger partial charge < -0.3 is 20.0 Å². The van der Waals surface area contributed by atoms with E-state index in [0.717, 1.165) is 19.4 Å². The molecule has 0 aliphatic carbocycles. The number of likely N-dealkylation sites (tertiary alicyclic amines) is 2. The molecular weight excluding hydrogens is 344 g/mol. The van der Waals surface area contributed by atoms with Gasteiger partial charge in [-0.1, -0.05) is 0 Å². The van der Waals surface area contributed by atoms with E-state index in [2.05, 4.69) is 20.2 Å². The second-order valence-corrected chi connectivity index (χ2v) is 8.26. The molecule has 3 saturated heterocycles. The second-order valence-electron chi connectivity index (χ2n) is 8.26. The molecule has 3 aliphatic heterocycles. The fourth-order valence-electron chi connectivity index (χ4n) is 5.07. The van der Waals surface area contributed by atoms with Gasteiger partial charge >= 0.3 is 6.03 Å². The largest absolute Gasteiger partial charge is 0.340 e. The monoisotopic (exact) mass is 372 g/mol. The normalized spacial score (nSPS) is 26.8. The molecule has 1 spiro atoms. The molecule has 0 bridgehead atoms. The van der Waals surface area contributed by atoms with Crippen LogP contribution in [0.5, 0.6) is 0 Å². The predicted octanol–water partition coefficient (Wildman–Crippen LogP) is 0.954. The highest BCUT2D eigenvalue weighted by atomic mass is 16.2. The van der Waals surface area contributed by atoms with Crippen LogP contribution in [-0.4, -0.2) is 76.5 Å². The molecule has 27 heavy (non-hydrogen) atoms. The van der Waals surface area contributed by atoms with Gasteiger partial charge in [-0.05, 0) is 32.8 Å². The maximum absolute atomic E-state index is 13.0. The summed E-state index contributed by atoms with van der Waals surface area (Å²) in [6, 6.07) is 1.93. The number of anilines is 1. The SMILES string of the molecule is CC(C)NC(=O)N1CCC2(CC1)[C@@H]1CN(c3ncccn3)C[C@@H]1C(=O)N2C. The summed E-state index contributed by atoms with van der Waals surface area (Å²) in [5.74, 6) is 1.17. The molecule has 1 aromatic rings. The highest BCUT2D eigenvalue weighted by Gasteiger charge is 2.60. The number of urea groups is 1. The van der Waals surface area contributed by atoms with Gasteiger partial charge in [0, 0.05) is 57.6 Å². The van der Waals surface area contributed by atoms with E-state index >= 15 is 0 Å². The first-order valence-corrected chi connectivity index (χ1v) is 9.77. The van der Waals surface area contributed by atoms with Crippen LogP contribution in [0.25, 0.3) is 0 Å². The number of hydrogen-bond donors (Lipinski definition) is 1. The van der Waals surface area contributed by atoms with E-state index in [9.17, 15) is 9.59 Å². The number of aromatic nitrogens is 2. The third-order valence-corrected chi connectivity index (χ3v) is 6.49. The van der Waals surface area contributed by atoms with E-state index in [1.807, 2.05) is 30.7 Å². The van der Waals surface area contributed by atoms with Crippen molar-refractivity contribution in [1.82, 2.24) is 25.1 Å². The van der Waals surface area contributed by atoms with Crippen molar-refractivity contribution in [1.29, 1.82) is 0 Å². The van der Waals surface area contributed by atoms with Crippen molar-refractivity contribution in [3.05, 3.63) is 18.5 Å². The van der Waals surface area contributed by atoms with Crippen LogP contribution in [0.1, 0.15) is 26.7 Å². The van der Waals surface area contributed by atoms with Crippen LogP contribution in [0.2, 0.25) is 0 Å². The van der Waals surface area contributed by atoms with Crippen LogP contribution >= 0.6 is 0 Å². The van der Waals surface area contributed by atoms with Crippen LogP contribution in [0.4, 0.5) is 10.7 Å². The zero-order valence-electron chi connectivity index (χ0n) is 16.3. The second kappa shape index (κ2) is 6.65. The summed E-state index contributed by atoms with van der Waals surface area (Å²) in [5, 5.41) is 2.97. The number of nitrogens with one attached hydrogen (secondary N) is 1. The molecule has 4 heterocycles. The van der Waals surface area contributed by atoms with Crippen molar-refractivity contribution in [2.24, 2.45) is 11.8 Å². The molecule has 1 N–H and O–H groups in total. The Labute approximate surface area is 159 Å². The number of piperidine rings is 1. The Bertz CT molecular complexity index is 716. The molecule has 146 valence electrons. The molecule has 8 heteroatoms. The fourth-order valence-corrected chi connectivity index (χ4v) is 5.07. The van der Waals surface area contributed by atoms with Gasteiger partial charge in [-0.15, -0.1) is 0 Å². The van der Waals surface area contributed by atoms with E-state index in [0.29, 0.717) is 25.6 Å². The van der Waals surface area contributed by atoms with Crippen LogP contribution in [0.15, 0.2) is 18.5 Å². The lowest BCUT2D eigenvalue weighted by molar-refractivity contribution is -0.133. The quantitative estimate of drug-likeness (QED) is 0.836. The standard InChI is InChI=1S/C19H28N6O2/c1-13(2)22-18(27)24-9-5-19(6-10-24)15-12-25(17-20-7-4-8-21-17)11-14(15)16(26)23(19)3/h4,7-8,13-15H,5-6,9-12H2,1-3H3,(H,22,27)/t14-,15+/m0/s1. The molecule has 0 radical (unpaired) electrons. The van der Waals surface area contributed by atoms with Crippen LogP contribution in [-0.2, 0) is 4.79 Å². The topological polar surface area (TPSA) is 81.7 Å². The van der Waals surface area contributed by atoms with E-state index in [4.69, 9.17) is 0 Å². The summed E-state index contributed by atoms with van der Waals surface area (Å²) >= 11 is 0. The fraction of sp³-hybridized carbons (Fsp3) is 0.684. The molecule has 3 aliphatic rings. The van der Waals surface area contributed by atoms with E-state index in [1.165, 1.54) is 0 Å². The predicted molar refractivity (Wildman–Crippen MR) is 101 cm³/mol. The summed E-state index contributed by atoms with van der Waals surface area (Å²) in [7, 11) is 1.94. The average Bonchev–Trinajstić information content (AvgIpc) is 3.19. The molecule has 8 nitrogen and oxygen atoms in total. The zero-order chi connectivity index (χ0) is 19.2. The number of amides is 3. The van der Waals surface area contributed by atoms with Crippen molar-refractivity contribution < 1.29 is 9.59 Å². The Morgan fingerprint density at radius 1 is 1.22 bits per heavy atom. The molecule has 1 aromatic heterocycles. The van der Waals surface area contributed by atoms with Gasteiger partial charge in [0.15, 0.2) is 0 Å². The third kappa shape index (κ3) is 2.91. The summed E-state index contributed by atoms with van der Waals surface area (Å²) < 4.78 is 0. The van der Waals surface area contributed by atoms with Crippen LogP contribution in [0.3, 0.4) is 0 Å². The Hall–Kier alpha value is -2.38. The van der Waals surface area contributed by atoms with Gasteiger partial charge in [-0.25, -0.2) is 14.8 Å². The van der Waals surface area contributed by atoms with E-state index in [1.54, 1.807) is 18.5 Å². The molecule has 3 fully saturated rings. The molecule has 0 saturated carbocycles. The molecule has 2 atom stereocenters. The van der Waals surface area contributed by atoms with Gasteiger partial charge in [0.1, 0.15) is 0 Å². The highest BCUT2D eigenvalue weighted by molar-refractivity contribution is 5.84. The number of hydrogen-bond acceptors (Lipinski definition) is 5. The summed E-state index contributed by atoms with van der Waals surface area (Å²) in [6.45, 7) is 6.77. The first-order chi connectivity index (χ1) is 12.9. The Balaban J connectivity index is 1.50.